The van der Waals surface area contributed by atoms with E-state index in [1.165, 1.54) is 0 Å². The number of hydrogen-bond acceptors (Lipinski definition) is 3. The zero-order chi connectivity index (χ0) is 12.1. The van der Waals surface area contributed by atoms with Crippen molar-refractivity contribution in [2.24, 2.45) is 5.41 Å². The molecule has 0 radical (unpaired) electrons. The van der Waals surface area contributed by atoms with Crippen LogP contribution in [0.4, 0.5) is 0 Å². The molecule has 0 spiro atoms. The van der Waals surface area contributed by atoms with Crippen molar-refractivity contribution < 1.29 is 14.0 Å². The van der Waals surface area contributed by atoms with Crippen molar-refractivity contribution in [3.8, 4) is 0 Å². The fourth-order valence-corrected chi connectivity index (χ4v) is 2.82. The fourth-order valence-electron chi connectivity index (χ4n) is 2.82. The topological polar surface area (TPSA) is 45.3 Å². The van der Waals surface area contributed by atoms with Crippen molar-refractivity contribution >= 4 is 12.6 Å². The molecule has 1 rings (SSSR count). The summed E-state index contributed by atoms with van der Waals surface area (Å²) in [4.78, 5) is 0. The summed E-state index contributed by atoms with van der Waals surface area (Å²) in [7, 11) is 3.26. The van der Waals surface area contributed by atoms with E-state index in [2.05, 4.69) is 20.6 Å². The highest BCUT2D eigenvalue weighted by atomic mass is 16.7. The minimum atomic E-state index is -0.690. The first-order chi connectivity index (χ1) is 6.73. The Morgan fingerprint density at radius 1 is 1.20 bits per heavy atom. The lowest BCUT2D eigenvalue weighted by atomic mass is 10.1. The summed E-state index contributed by atoms with van der Waals surface area (Å²) >= 11 is 0. The average molecular weight is 213 g/mol. The molecule has 4 heteroatoms. The molecule has 1 atom stereocenters. The SMILES string of the molecule is C=[N+](C(C)=N)C1(C)C(C)(C)C1(OC)OC. The van der Waals surface area contributed by atoms with Gasteiger partial charge in [0.15, 0.2) is 5.54 Å². The van der Waals surface area contributed by atoms with Gasteiger partial charge in [0.25, 0.3) is 5.84 Å². The summed E-state index contributed by atoms with van der Waals surface area (Å²) in [5.41, 5.74) is -0.608. The minimum absolute atomic E-state index is 0.201. The smallest absolute Gasteiger partial charge is 0.286 e. The Morgan fingerprint density at radius 3 is 1.80 bits per heavy atom. The Labute approximate surface area is 91.4 Å². The molecule has 1 fully saturated rings. The van der Waals surface area contributed by atoms with Crippen LogP contribution in [-0.2, 0) is 9.47 Å². The van der Waals surface area contributed by atoms with Crippen LogP contribution in [0.1, 0.15) is 27.7 Å². The second kappa shape index (κ2) is 3.12. The molecule has 0 heterocycles. The predicted molar refractivity (Wildman–Crippen MR) is 59.7 cm³/mol. The number of ether oxygens (including phenoxy) is 2. The number of nitrogens with one attached hydrogen (secondary N) is 1. The number of methoxy groups -OCH3 is 2. The van der Waals surface area contributed by atoms with Gasteiger partial charge >= 0.3 is 0 Å². The summed E-state index contributed by atoms with van der Waals surface area (Å²) in [6.07, 6.45) is 0. The third kappa shape index (κ3) is 1.04. The molecule has 0 bridgehead atoms. The molecule has 1 N–H and O–H groups in total. The lowest BCUT2D eigenvalue weighted by molar-refractivity contribution is -0.490. The fraction of sp³-hybridized carbons (Fsp3) is 0.818. The van der Waals surface area contributed by atoms with Gasteiger partial charge in [-0.25, -0.2) is 4.58 Å². The molecular weight excluding hydrogens is 192 g/mol. The predicted octanol–water partition coefficient (Wildman–Crippen LogP) is 1.48. The maximum absolute atomic E-state index is 7.65. The quantitative estimate of drug-likeness (QED) is 0.334. The van der Waals surface area contributed by atoms with Gasteiger partial charge in [-0.05, 0) is 20.8 Å². The molecule has 1 saturated carbocycles. The molecule has 0 saturated heterocycles. The molecule has 1 aliphatic rings. The molecule has 0 aromatic rings. The van der Waals surface area contributed by atoms with Gasteiger partial charge in [-0.15, -0.1) is 5.41 Å². The standard InChI is InChI=1S/C11H21N2O2/c1-8(12)13(5)10(4)9(2,3)11(10,14-6)15-7/h12H,5H2,1-4,6-7H3/q+1. The third-order valence-corrected chi connectivity index (χ3v) is 4.14. The molecule has 1 unspecified atom stereocenters. The van der Waals surface area contributed by atoms with Gasteiger partial charge in [0.05, 0.1) is 12.1 Å². The van der Waals surface area contributed by atoms with Crippen LogP contribution in [0.25, 0.3) is 0 Å². The van der Waals surface area contributed by atoms with Crippen molar-refractivity contribution in [3.05, 3.63) is 0 Å². The molecule has 0 aromatic carbocycles. The van der Waals surface area contributed by atoms with Crippen LogP contribution in [0.15, 0.2) is 0 Å². The zero-order valence-corrected chi connectivity index (χ0v) is 10.5. The zero-order valence-electron chi connectivity index (χ0n) is 10.5. The molecule has 0 amide bonds. The second-order valence-electron chi connectivity index (χ2n) is 4.74. The van der Waals surface area contributed by atoms with Gasteiger partial charge in [0.2, 0.25) is 5.79 Å². The molecular formula is C11H21N2O2+. The van der Waals surface area contributed by atoms with Crippen LogP contribution in [0.2, 0.25) is 0 Å². The van der Waals surface area contributed by atoms with E-state index in [4.69, 9.17) is 14.9 Å². The van der Waals surface area contributed by atoms with Crippen molar-refractivity contribution in [3.63, 3.8) is 0 Å². The Bertz CT molecular complexity index is 319. The molecule has 86 valence electrons. The minimum Gasteiger partial charge on any atom is -0.349 e. The largest absolute Gasteiger partial charge is 0.349 e. The highest BCUT2D eigenvalue weighted by Gasteiger charge is 2.88. The van der Waals surface area contributed by atoms with Crippen LogP contribution in [0, 0.1) is 10.8 Å². The normalized spacial score (nSPS) is 31.1. The van der Waals surface area contributed by atoms with E-state index in [-0.39, 0.29) is 5.41 Å². The molecule has 0 aromatic heterocycles. The van der Waals surface area contributed by atoms with Crippen molar-refractivity contribution in [2.45, 2.75) is 39.0 Å². The molecule has 15 heavy (non-hydrogen) atoms. The first-order valence-corrected chi connectivity index (χ1v) is 4.99. The van der Waals surface area contributed by atoms with Gasteiger partial charge in [-0.1, -0.05) is 0 Å². The van der Waals surface area contributed by atoms with Gasteiger partial charge in [0.1, 0.15) is 0 Å². The van der Waals surface area contributed by atoms with Crippen molar-refractivity contribution in [1.82, 2.24) is 0 Å². The number of amidine groups is 1. The van der Waals surface area contributed by atoms with E-state index < -0.39 is 11.3 Å². The second-order valence-corrected chi connectivity index (χ2v) is 4.74. The average Bonchev–Trinajstić information content (AvgIpc) is 2.56. The summed E-state index contributed by atoms with van der Waals surface area (Å²) in [6.45, 7) is 11.7. The number of hydrogen-bond donors (Lipinski definition) is 1. The van der Waals surface area contributed by atoms with Crippen LogP contribution < -0.4 is 0 Å². The molecule has 4 nitrogen and oxygen atoms in total. The summed E-state index contributed by atoms with van der Waals surface area (Å²) < 4.78 is 12.7. The highest BCUT2D eigenvalue weighted by molar-refractivity contribution is 5.70. The van der Waals surface area contributed by atoms with E-state index in [0.717, 1.165) is 0 Å². The number of nitrogens with zero attached hydrogens (tertiary/aromatic N) is 1. The van der Waals surface area contributed by atoms with Gasteiger partial charge < -0.3 is 9.47 Å². The summed E-state index contributed by atoms with van der Waals surface area (Å²) in [5.74, 6) is -0.286. The van der Waals surface area contributed by atoms with E-state index in [9.17, 15) is 0 Å². The summed E-state index contributed by atoms with van der Waals surface area (Å²) in [5, 5.41) is 7.65. The monoisotopic (exact) mass is 213 g/mol. The van der Waals surface area contributed by atoms with E-state index in [0.29, 0.717) is 5.84 Å². The molecule has 0 aliphatic heterocycles. The third-order valence-electron chi connectivity index (χ3n) is 4.14. The van der Waals surface area contributed by atoms with Crippen LogP contribution in [-0.4, -0.2) is 42.7 Å². The summed E-state index contributed by atoms with van der Waals surface area (Å²) in [6, 6.07) is 0. The van der Waals surface area contributed by atoms with Gasteiger partial charge in [-0.2, -0.15) is 0 Å². The van der Waals surface area contributed by atoms with E-state index in [1.807, 2.05) is 6.92 Å². The maximum atomic E-state index is 7.65. The van der Waals surface area contributed by atoms with Crippen LogP contribution in [0.3, 0.4) is 0 Å². The first-order valence-electron chi connectivity index (χ1n) is 4.99. The number of rotatable bonds is 3. The van der Waals surface area contributed by atoms with Crippen LogP contribution in [0.5, 0.6) is 0 Å². The van der Waals surface area contributed by atoms with Crippen molar-refractivity contribution in [1.29, 1.82) is 5.41 Å². The lowest BCUT2D eigenvalue weighted by Crippen LogP contribution is -2.39. The van der Waals surface area contributed by atoms with E-state index >= 15 is 0 Å². The Kier molecular flexibility index (Phi) is 2.57. The maximum Gasteiger partial charge on any atom is 0.286 e. The van der Waals surface area contributed by atoms with Crippen molar-refractivity contribution in [2.75, 3.05) is 14.2 Å². The van der Waals surface area contributed by atoms with E-state index in [1.54, 1.807) is 25.7 Å². The highest BCUT2D eigenvalue weighted by Crippen LogP contribution is 2.68. The Morgan fingerprint density at radius 2 is 1.60 bits per heavy atom. The van der Waals surface area contributed by atoms with Gasteiger partial charge in [0, 0.05) is 21.1 Å². The van der Waals surface area contributed by atoms with Gasteiger partial charge in [-0.3, -0.25) is 0 Å². The Balaban J connectivity index is 3.18. The van der Waals surface area contributed by atoms with Crippen LogP contribution >= 0.6 is 0 Å². The first kappa shape index (κ1) is 12.3. The lowest BCUT2D eigenvalue weighted by Gasteiger charge is -2.18. The molecule has 1 aliphatic carbocycles. The Hall–Kier alpha value is -0.740.